The Morgan fingerprint density at radius 2 is 1.90 bits per heavy atom. The first-order chi connectivity index (χ1) is 9.27. The molecule has 1 N–H and O–H groups in total. The summed E-state index contributed by atoms with van der Waals surface area (Å²) >= 11 is 7.76. The third kappa shape index (κ3) is 1.92. The zero-order valence-electron chi connectivity index (χ0n) is 12.5. The van der Waals surface area contributed by atoms with Gasteiger partial charge in [0.25, 0.3) is 0 Å². The highest BCUT2D eigenvalue weighted by Gasteiger charge is 2.65. The van der Waals surface area contributed by atoms with Crippen LogP contribution in [0.4, 0.5) is 5.82 Å². The van der Waals surface area contributed by atoms with Gasteiger partial charge >= 0.3 is 0 Å². The second kappa shape index (κ2) is 4.31. The number of aryl methyl sites for hydroxylation is 1. The molecule has 0 bridgehead atoms. The van der Waals surface area contributed by atoms with Crippen molar-refractivity contribution in [2.45, 2.75) is 47.1 Å². The van der Waals surface area contributed by atoms with Gasteiger partial charge in [0.15, 0.2) is 0 Å². The number of hydrogen-bond donors (Lipinski definition) is 1. The van der Waals surface area contributed by atoms with Crippen LogP contribution < -0.4 is 5.32 Å². The molecule has 0 unspecified atom stereocenters. The lowest BCUT2D eigenvalue weighted by molar-refractivity contribution is 0.457. The van der Waals surface area contributed by atoms with Crippen LogP contribution in [0.1, 0.15) is 39.5 Å². The van der Waals surface area contributed by atoms with E-state index in [1.54, 1.807) is 11.3 Å². The van der Waals surface area contributed by atoms with E-state index in [9.17, 15) is 0 Å². The quantitative estimate of drug-likeness (QED) is 0.831. The van der Waals surface area contributed by atoms with Crippen molar-refractivity contribution >= 4 is 39.0 Å². The van der Waals surface area contributed by atoms with E-state index >= 15 is 0 Å². The van der Waals surface area contributed by atoms with E-state index in [0.717, 1.165) is 22.5 Å². The number of halogens is 1. The van der Waals surface area contributed by atoms with Gasteiger partial charge < -0.3 is 5.32 Å². The summed E-state index contributed by atoms with van der Waals surface area (Å²) in [4.78, 5) is 11.0. The summed E-state index contributed by atoms with van der Waals surface area (Å²) in [5.74, 6) is 0.875. The van der Waals surface area contributed by atoms with Gasteiger partial charge in [0.1, 0.15) is 10.6 Å². The first-order valence-corrected chi connectivity index (χ1v) is 8.19. The molecule has 108 valence electrons. The Morgan fingerprint density at radius 1 is 1.25 bits per heavy atom. The van der Waals surface area contributed by atoms with Crippen LogP contribution in [0, 0.1) is 10.8 Å². The number of thiophene rings is 1. The zero-order valence-corrected chi connectivity index (χ0v) is 14.1. The fraction of sp³-hybridized carbons (Fsp3) is 0.600. The van der Waals surface area contributed by atoms with Crippen molar-refractivity contribution in [3.63, 3.8) is 0 Å². The van der Waals surface area contributed by atoms with Gasteiger partial charge in [-0.2, -0.15) is 0 Å². The molecule has 0 amide bonds. The third-order valence-electron chi connectivity index (χ3n) is 5.07. The molecule has 20 heavy (non-hydrogen) atoms. The van der Waals surface area contributed by atoms with E-state index in [4.69, 9.17) is 11.6 Å². The minimum Gasteiger partial charge on any atom is -0.366 e. The lowest BCUT2D eigenvalue weighted by Gasteiger charge is -2.08. The fourth-order valence-corrected chi connectivity index (χ4v) is 4.11. The van der Waals surface area contributed by atoms with Crippen LogP contribution in [0.25, 0.3) is 10.2 Å². The minimum atomic E-state index is 0.264. The van der Waals surface area contributed by atoms with Gasteiger partial charge in [-0.05, 0) is 34.9 Å². The van der Waals surface area contributed by atoms with Crippen molar-refractivity contribution in [3.05, 3.63) is 16.2 Å². The summed E-state index contributed by atoms with van der Waals surface area (Å²) in [7, 11) is 0. The van der Waals surface area contributed by atoms with Gasteiger partial charge in [-0.1, -0.05) is 34.6 Å². The maximum atomic E-state index is 6.07. The molecule has 0 aromatic carbocycles. The Bertz CT molecular complexity index is 661. The molecule has 1 aliphatic carbocycles. The van der Waals surface area contributed by atoms with Crippen molar-refractivity contribution in [2.24, 2.45) is 10.8 Å². The van der Waals surface area contributed by atoms with Crippen LogP contribution in [-0.2, 0) is 6.42 Å². The van der Waals surface area contributed by atoms with E-state index in [0.29, 0.717) is 11.3 Å². The number of nitrogens with one attached hydrogen (secondary N) is 1. The lowest BCUT2D eigenvalue weighted by atomic mass is 10.0. The molecule has 1 aliphatic rings. The molecule has 2 aromatic rings. The Morgan fingerprint density at radius 3 is 2.45 bits per heavy atom. The molecule has 3 nitrogen and oxygen atoms in total. The van der Waals surface area contributed by atoms with Crippen LogP contribution in [-0.4, -0.2) is 16.0 Å². The van der Waals surface area contributed by atoms with Crippen molar-refractivity contribution in [2.75, 3.05) is 5.32 Å². The standard InChI is InChI=1S/C15H20ClN3S/c1-6-8-7-9-10(18-13(16)19-11(9)20-8)17-12-14(2,3)15(12,4)5/h7,12H,6H2,1-5H3,(H,17,18,19). The monoisotopic (exact) mass is 309 g/mol. The summed E-state index contributed by atoms with van der Waals surface area (Å²) < 4.78 is 0. The van der Waals surface area contributed by atoms with Gasteiger partial charge in [-0.15, -0.1) is 11.3 Å². The molecule has 3 rings (SSSR count). The fourth-order valence-electron chi connectivity index (χ4n) is 2.92. The second-order valence-corrected chi connectivity index (χ2v) is 8.10. The lowest BCUT2D eigenvalue weighted by Crippen LogP contribution is -2.11. The van der Waals surface area contributed by atoms with Crippen molar-refractivity contribution in [1.82, 2.24) is 9.97 Å². The number of nitrogens with zero attached hydrogens (tertiary/aromatic N) is 2. The third-order valence-corrected chi connectivity index (χ3v) is 6.41. The van der Waals surface area contributed by atoms with E-state index in [1.165, 1.54) is 4.88 Å². The van der Waals surface area contributed by atoms with Crippen LogP contribution in [0.2, 0.25) is 5.28 Å². The SMILES string of the molecule is CCc1cc2c(NC3C(C)(C)C3(C)C)nc(Cl)nc2s1. The number of fused-ring (bicyclic) bond motifs is 1. The van der Waals surface area contributed by atoms with Crippen LogP contribution in [0.5, 0.6) is 0 Å². The largest absolute Gasteiger partial charge is 0.366 e. The van der Waals surface area contributed by atoms with Gasteiger partial charge in [0.2, 0.25) is 5.28 Å². The van der Waals surface area contributed by atoms with Gasteiger partial charge in [0.05, 0.1) is 5.39 Å². The van der Waals surface area contributed by atoms with Crippen molar-refractivity contribution in [1.29, 1.82) is 0 Å². The summed E-state index contributed by atoms with van der Waals surface area (Å²) in [6.07, 6.45) is 1.01. The number of rotatable bonds is 3. The van der Waals surface area contributed by atoms with Crippen molar-refractivity contribution in [3.8, 4) is 0 Å². The highest BCUT2D eigenvalue weighted by molar-refractivity contribution is 7.18. The molecule has 0 spiro atoms. The average Bonchev–Trinajstić information content (AvgIpc) is 2.69. The van der Waals surface area contributed by atoms with Gasteiger partial charge in [-0.25, -0.2) is 9.97 Å². The van der Waals surface area contributed by atoms with E-state index in [2.05, 4.69) is 56.0 Å². The Hall–Kier alpha value is -0.870. The summed E-state index contributed by atoms with van der Waals surface area (Å²) in [5, 5.41) is 5.00. The Labute approximate surface area is 128 Å². The normalized spacial score (nSPS) is 20.3. The van der Waals surface area contributed by atoms with Crippen LogP contribution in [0.3, 0.4) is 0 Å². The Kier molecular flexibility index (Phi) is 3.04. The van der Waals surface area contributed by atoms with Gasteiger partial charge in [0, 0.05) is 10.9 Å². The number of aromatic nitrogens is 2. The molecule has 2 aromatic heterocycles. The van der Waals surface area contributed by atoms with E-state index in [1.807, 2.05) is 0 Å². The first-order valence-electron chi connectivity index (χ1n) is 7.00. The topological polar surface area (TPSA) is 37.8 Å². The first kappa shape index (κ1) is 14.1. The van der Waals surface area contributed by atoms with Crippen LogP contribution in [0.15, 0.2) is 6.07 Å². The van der Waals surface area contributed by atoms with E-state index < -0.39 is 0 Å². The summed E-state index contributed by atoms with van der Waals surface area (Å²) in [6.45, 7) is 11.3. The molecule has 1 fully saturated rings. The molecule has 0 radical (unpaired) electrons. The molecular formula is C15H20ClN3S. The highest BCUT2D eigenvalue weighted by atomic mass is 35.5. The highest BCUT2D eigenvalue weighted by Crippen LogP contribution is 2.63. The average molecular weight is 310 g/mol. The maximum Gasteiger partial charge on any atom is 0.225 e. The predicted octanol–water partition coefficient (Wildman–Crippen LogP) is 4.75. The molecular weight excluding hydrogens is 290 g/mol. The minimum absolute atomic E-state index is 0.264. The smallest absolute Gasteiger partial charge is 0.225 e. The Balaban J connectivity index is 2.02. The second-order valence-electron chi connectivity index (χ2n) is 6.65. The molecule has 0 saturated heterocycles. The molecule has 1 saturated carbocycles. The molecule has 0 atom stereocenters. The number of hydrogen-bond acceptors (Lipinski definition) is 4. The van der Waals surface area contributed by atoms with Gasteiger partial charge in [-0.3, -0.25) is 0 Å². The van der Waals surface area contributed by atoms with Crippen LogP contribution >= 0.6 is 22.9 Å². The maximum absolute atomic E-state index is 6.07. The summed E-state index contributed by atoms with van der Waals surface area (Å²) in [6, 6.07) is 2.59. The molecule has 0 aliphatic heterocycles. The van der Waals surface area contributed by atoms with Crippen molar-refractivity contribution < 1.29 is 0 Å². The summed E-state index contributed by atoms with van der Waals surface area (Å²) in [5.41, 5.74) is 0.528. The molecule has 2 heterocycles. The predicted molar refractivity (Wildman–Crippen MR) is 86.8 cm³/mol. The van der Waals surface area contributed by atoms with E-state index in [-0.39, 0.29) is 10.8 Å². The zero-order chi connectivity index (χ0) is 14.7. The number of anilines is 1. The molecule has 5 heteroatoms.